The van der Waals surface area contributed by atoms with Crippen LogP contribution in [0.3, 0.4) is 0 Å². The Bertz CT molecular complexity index is 406. The van der Waals surface area contributed by atoms with Gasteiger partial charge in [-0.05, 0) is 37.5 Å². The molecule has 0 unspecified atom stereocenters. The van der Waals surface area contributed by atoms with Gasteiger partial charge >= 0.3 is 0 Å². The van der Waals surface area contributed by atoms with Gasteiger partial charge in [0.25, 0.3) is 0 Å². The third kappa shape index (κ3) is 2.76. The number of allylic oxidation sites excluding steroid dienone is 1. The fourth-order valence-electron chi connectivity index (χ4n) is 1.90. The molecule has 84 valence electrons. The van der Waals surface area contributed by atoms with Crippen LogP contribution in [-0.4, -0.2) is 11.5 Å². The van der Waals surface area contributed by atoms with Gasteiger partial charge in [-0.15, -0.1) is 11.8 Å². The molecule has 2 rings (SSSR count). The van der Waals surface area contributed by atoms with E-state index in [0.29, 0.717) is 5.78 Å². The zero-order chi connectivity index (χ0) is 11.4. The lowest BCUT2D eigenvalue weighted by Crippen LogP contribution is -2.10. The molecule has 0 fully saturated rings. The van der Waals surface area contributed by atoms with Crippen LogP contribution in [0.4, 0.5) is 0 Å². The second-order valence-electron chi connectivity index (χ2n) is 4.11. The van der Waals surface area contributed by atoms with Crippen molar-refractivity contribution in [3.05, 3.63) is 41.5 Å². The molecule has 0 amide bonds. The predicted molar refractivity (Wildman–Crippen MR) is 68.7 cm³/mol. The lowest BCUT2D eigenvalue weighted by Gasteiger charge is -2.16. The first-order valence-corrected chi connectivity index (χ1v) is 6.65. The lowest BCUT2D eigenvalue weighted by atomic mass is 9.93. The van der Waals surface area contributed by atoms with Gasteiger partial charge in [-0.2, -0.15) is 0 Å². The molecule has 0 aromatic heterocycles. The van der Waals surface area contributed by atoms with E-state index >= 15 is 0 Å². The number of thioether (sulfide) groups is 1. The summed E-state index contributed by atoms with van der Waals surface area (Å²) >= 11 is 1.82. The van der Waals surface area contributed by atoms with Crippen LogP contribution in [0.1, 0.15) is 26.2 Å². The zero-order valence-corrected chi connectivity index (χ0v) is 10.3. The first-order valence-electron chi connectivity index (χ1n) is 5.67. The van der Waals surface area contributed by atoms with E-state index in [1.54, 1.807) is 0 Å². The minimum atomic E-state index is 0.343. The minimum absolute atomic E-state index is 0.343. The van der Waals surface area contributed by atoms with Crippen LogP contribution in [0, 0.1) is 0 Å². The molecule has 1 aromatic carbocycles. The van der Waals surface area contributed by atoms with E-state index in [-0.39, 0.29) is 0 Å². The normalized spacial score (nSPS) is 16.7. The van der Waals surface area contributed by atoms with Crippen molar-refractivity contribution in [2.45, 2.75) is 31.1 Å². The van der Waals surface area contributed by atoms with E-state index in [1.165, 1.54) is 10.5 Å². The Morgan fingerprint density at radius 1 is 1.19 bits per heavy atom. The Kier molecular flexibility index (Phi) is 3.83. The summed E-state index contributed by atoms with van der Waals surface area (Å²) in [6, 6.07) is 10.4. The summed E-state index contributed by atoms with van der Waals surface area (Å²) in [7, 11) is 0. The second-order valence-corrected chi connectivity index (χ2v) is 5.16. The molecular formula is C14H16OS. The Hall–Kier alpha value is -1.02. The number of rotatable bonds is 3. The van der Waals surface area contributed by atoms with E-state index in [4.69, 9.17) is 0 Å². The number of Topliss-reactive ketones (excluding diaryl/α,β-unsaturated/α-hetero) is 1. The van der Waals surface area contributed by atoms with Crippen molar-refractivity contribution in [3.8, 4) is 0 Å². The molecule has 16 heavy (non-hydrogen) atoms. The standard InChI is InChI=1S/C14H16OS/c1-11-12(6-5-9-14(11)15)10-16-13-7-3-2-4-8-13/h2-4,7-8H,5-6,9-10H2,1H3. The fraction of sp³-hybridized carbons (Fsp3) is 0.357. The summed E-state index contributed by atoms with van der Waals surface area (Å²) in [6.45, 7) is 1.97. The Balaban J connectivity index is 2.00. The van der Waals surface area contributed by atoms with E-state index in [1.807, 2.05) is 24.8 Å². The average Bonchev–Trinajstić information content (AvgIpc) is 2.32. The summed E-state index contributed by atoms with van der Waals surface area (Å²) in [6.07, 6.45) is 2.86. The Labute approximate surface area is 101 Å². The molecule has 1 aliphatic carbocycles. The molecule has 0 atom stereocenters. The monoisotopic (exact) mass is 232 g/mol. The van der Waals surface area contributed by atoms with Gasteiger partial charge in [0.2, 0.25) is 0 Å². The molecule has 2 heteroatoms. The summed E-state index contributed by atoms with van der Waals surface area (Å²) in [5, 5.41) is 0. The van der Waals surface area contributed by atoms with Crippen molar-refractivity contribution in [3.63, 3.8) is 0 Å². The third-order valence-electron chi connectivity index (χ3n) is 2.99. The number of carbonyl (C=O) groups is 1. The van der Waals surface area contributed by atoms with Gasteiger partial charge in [0.1, 0.15) is 0 Å². The summed E-state index contributed by atoms with van der Waals surface area (Å²) in [4.78, 5) is 12.8. The van der Waals surface area contributed by atoms with Crippen LogP contribution in [0.25, 0.3) is 0 Å². The molecule has 1 nitrogen and oxygen atoms in total. The molecule has 1 aromatic rings. The van der Waals surface area contributed by atoms with E-state index < -0.39 is 0 Å². The maximum atomic E-state index is 11.5. The molecule has 0 saturated heterocycles. The van der Waals surface area contributed by atoms with E-state index in [2.05, 4.69) is 24.3 Å². The van der Waals surface area contributed by atoms with Crippen LogP contribution in [0.15, 0.2) is 46.4 Å². The van der Waals surface area contributed by atoms with Crippen molar-refractivity contribution >= 4 is 17.5 Å². The van der Waals surface area contributed by atoms with Crippen molar-refractivity contribution in [1.29, 1.82) is 0 Å². The SMILES string of the molecule is CC1=C(CSc2ccccc2)CCCC1=O. The molecule has 0 spiro atoms. The molecular weight excluding hydrogens is 216 g/mol. The molecule has 0 radical (unpaired) electrons. The van der Waals surface area contributed by atoms with Crippen molar-refractivity contribution in [2.75, 3.05) is 5.75 Å². The zero-order valence-electron chi connectivity index (χ0n) is 9.53. The maximum absolute atomic E-state index is 11.5. The number of ketones is 1. The number of carbonyl (C=O) groups excluding carboxylic acids is 1. The summed E-state index contributed by atoms with van der Waals surface area (Å²) in [5.74, 6) is 1.30. The first-order chi connectivity index (χ1) is 7.77. The molecule has 0 heterocycles. The molecule has 1 aliphatic rings. The summed E-state index contributed by atoms with van der Waals surface area (Å²) < 4.78 is 0. The van der Waals surface area contributed by atoms with E-state index in [9.17, 15) is 4.79 Å². The molecule has 0 bridgehead atoms. The quantitative estimate of drug-likeness (QED) is 0.736. The number of benzene rings is 1. The highest BCUT2D eigenvalue weighted by Gasteiger charge is 2.16. The van der Waals surface area contributed by atoms with Gasteiger partial charge in [-0.1, -0.05) is 23.8 Å². The third-order valence-corrected chi connectivity index (χ3v) is 4.09. The van der Waals surface area contributed by atoms with Gasteiger partial charge in [0.05, 0.1) is 0 Å². The van der Waals surface area contributed by atoms with Crippen LogP contribution >= 0.6 is 11.8 Å². The van der Waals surface area contributed by atoms with E-state index in [0.717, 1.165) is 30.6 Å². The highest BCUT2D eigenvalue weighted by atomic mass is 32.2. The largest absolute Gasteiger partial charge is 0.295 e. The molecule has 0 N–H and O–H groups in total. The average molecular weight is 232 g/mol. The fourth-order valence-corrected chi connectivity index (χ4v) is 2.95. The molecule has 0 saturated carbocycles. The van der Waals surface area contributed by atoms with Crippen LogP contribution in [0.2, 0.25) is 0 Å². The van der Waals surface area contributed by atoms with Crippen LogP contribution < -0.4 is 0 Å². The maximum Gasteiger partial charge on any atom is 0.158 e. The number of hydrogen-bond donors (Lipinski definition) is 0. The Morgan fingerprint density at radius 3 is 2.69 bits per heavy atom. The number of hydrogen-bond acceptors (Lipinski definition) is 2. The lowest BCUT2D eigenvalue weighted by molar-refractivity contribution is -0.116. The van der Waals surface area contributed by atoms with Gasteiger partial charge in [-0.25, -0.2) is 0 Å². The summed E-state index contributed by atoms with van der Waals surface area (Å²) in [5.41, 5.74) is 2.35. The van der Waals surface area contributed by atoms with Gasteiger partial charge in [0.15, 0.2) is 5.78 Å². The van der Waals surface area contributed by atoms with Crippen molar-refractivity contribution < 1.29 is 4.79 Å². The van der Waals surface area contributed by atoms with Gasteiger partial charge < -0.3 is 0 Å². The topological polar surface area (TPSA) is 17.1 Å². The predicted octanol–water partition coefficient (Wildman–Crippen LogP) is 3.85. The molecule has 0 aliphatic heterocycles. The van der Waals surface area contributed by atoms with Crippen molar-refractivity contribution in [2.24, 2.45) is 0 Å². The second kappa shape index (κ2) is 5.35. The van der Waals surface area contributed by atoms with Crippen LogP contribution in [0.5, 0.6) is 0 Å². The van der Waals surface area contributed by atoms with Crippen molar-refractivity contribution in [1.82, 2.24) is 0 Å². The minimum Gasteiger partial charge on any atom is -0.295 e. The first kappa shape index (κ1) is 11.5. The van der Waals surface area contributed by atoms with Gasteiger partial charge in [0, 0.05) is 17.1 Å². The highest BCUT2D eigenvalue weighted by Crippen LogP contribution is 2.28. The highest BCUT2D eigenvalue weighted by molar-refractivity contribution is 7.99. The Morgan fingerprint density at radius 2 is 1.94 bits per heavy atom. The smallest absolute Gasteiger partial charge is 0.158 e. The van der Waals surface area contributed by atoms with Gasteiger partial charge in [-0.3, -0.25) is 4.79 Å². The van der Waals surface area contributed by atoms with Crippen LogP contribution in [-0.2, 0) is 4.79 Å².